The molecular formula is C18H14Cl3N3O2. The Morgan fingerprint density at radius 1 is 1.12 bits per heavy atom. The van der Waals surface area contributed by atoms with Crippen LogP contribution in [0.3, 0.4) is 0 Å². The fraction of sp³-hybridized carbons (Fsp3) is 0.111. The molecule has 0 aliphatic rings. The van der Waals surface area contributed by atoms with E-state index < -0.39 is 0 Å². The van der Waals surface area contributed by atoms with Gasteiger partial charge in [0.05, 0.1) is 10.0 Å². The zero-order valence-electron chi connectivity index (χ0n) is 13.7. The van der Waals surface area contributed by atoms with Crippen molar-refractivity contribution in [3.8, 4) is 5.75 Å². The van der Waals surface area contributed by atoms with Crippen LogP contribution in [-0.4, -0.2) is 15.7 Å². The highest BCUT2D eigenvalue weighted by Gasteiger charge is 2.11. The van der Waals surface area contributed by atoms with E-state index in [1.54, 1.807) is 42.6 Å². The summed E-state index contributed by atoms with van der Waals surface area (Å²) in [6.07, 6.45) is 1.66. The number of aromatic nitrogens is 2. The lowest BCUT2D eigenvalue weighted by molar-refractivity contribution is 0.102. The van der Waals surface area contributed by atoms with Gasteiger partial charge in [-0.05, 0) is 55.0 Å². The first-order valence-electron chi connectivity index (χ1n) is 7.61. The van der Waals surface area contributed by atoms with E-state index in [1.807, 2.05) is 13.0 Å². The molecule has 0 fully saturated rings. The molecule has 1 N–H and O–H groups in total. The third kappa shape index (κ3) is 4.49. The number of nitrogens with zero attached hydrogens (tertiary/aromatic N) is 2. The summed E-state index contributed by atoms with van der Waals surface area (Å²) in [5, 5.41) is 8.35. The summed E-state index contributed by atoms with van der Waals surface area (Å²) in [7, 11) is 0. The highest BCUT2D eigenvalue weighted by Crippen LogP contribution is 2.25. The molecule has 0 bridgehead atoms. The second-order valence-electron chi connectivity index (χ2n) is 5.51. The van der Waals surface area contributed by atoms with Gasteiger partial charge in [0.15, 0.2) is 12.4 Å². The minimum atomic E-state index is -0.357. The van der Waals surface area contributed by atoms with Gasteiger partial charge in [-0.25, -0.2) is 4.68 Å². The Morgan fingerprint density at radius 2 is 1.92 bits per heavy atom. The highest BCUT2D eigenvalue weighted by molar-refractivity contribution is 6.42. The van der Waals surface area contributed by atoms with E-state index in [2.05, 4.69) is 10.4 Å². The molecule has 0 atom stereocenters. The number of nitrogens with one attached hydrogen (secondary N) is 1. The van der Waals surface area contributed by atoms with Gasteiger partial charge >= 0.3 is 0 Å². The molecule has 2 aromatic carbocycles. The second-order valence-corrected chi connectivity index (χ2v) is 6.76. The van der Waals surface area contributed by atoms with Crippen molar-refractivity contribution in [2.24, 2.45) is 0 Å². The maximum Gasteiger partial charge on any atom is 0.276 e. The Kier molecular flexibility index (Phi) is 5.71. The van der Waals surface area contributed by atoms with Gasteiger partial charge in [0.2, 0.25) is 0 Å². The molecule has 8 heteroatoms. The zero-order chi connectivity index (χ0) is 18.7. The van der Waals surface area contributed by atoms with Gasteiger partial charge in [-0.3, -0.25) is 4.79 Å². The quantitative estimate of drug-likeness (QED) is 0.609. The lowest BCUT2D eigenvalue weighted by Crippen LogP contribution is -2.14. The van der Waals surface area contributed by atoms with Crippen LogP contribution in [0.1, 0.15) is 16.1 Å². The number of ether oxygens (including phenoxy) is 1. The second kappa shape index (κ2) is 7.99. The van der Waals surface area contributed by atoms with Crippen molar-refractivity contribution in [2.75, 3.05) is 5.32 Å². The first kappa shape index (κ1) is 18.6. The molecule has 0 spiro atoms. The van der Waals surface area contributed by atoms with Crippen LogP contribution in [0.2, 0.25) is 15.1 Å². The summed E-state index contributed by atoms with van der Waals surface area (Å²) in [6.45, 7) is 2.07. The first-order valence-corrected chi connectivity index (χ1v) is 8.74. The molecular weight excluding hydrogens is 397 g/mol. The predicted molar refractivity (Wildman–Crippen MR) is 103 cm³/mol. The molecule has 0 aliphatic heterocycles. The lowest BCUT2D eigenvalue weighted by atomic mass is 10.2. The van der Waals surface area contributed by atoms with Crippen molar-refractivity contribution in [3.63, 3.8) is 0 Å². The van der Waals surface area contributed by atoms with E-state index in [4.69, 9.17) is 39.5 Å². The van der Waals surface area contributed by atoms with Crippen molar-refractivity contribution < 1.29 is 9.53 Å². The molecule has 1 aromatic heterocycles. The highest BCUT2D eigenvalue weighted by atomic mass is 35.5. The van der Waals surface area contributed by atoms with E-state index in [9.17, 15) is 4.79 Å². The lowest BCUT2D eigenvalue weighted by Gasteiger charge is -2.09. The summed E-state index contributed by atoms with van der Waals surface area (Å²) in [4.78, 5) is 12.3. The summed E-state index contributed by atoms with van der Waals surface area (Å²) in [5.74, 6) is 0.344. The number of hydrogen-bond donors (Lipinski definition) is 1. The summed E-state index contributed by atoms with van der Waals surface area (Å²) >= 11 is 17.7. The molecule has 1 amide bonds. The first-order chi connectivity index (χ1) is 12.4. The van der Waals surface area contributed by atoms with Gasteiger partial charge in [0.25, 0.3) is 5.91 Å². The Labute approximate surface area is 165 Å². The normalized spacial score (nSPS) is 10.6. The van der Waals surface area contributed by atoms with Crippen molar-refractivity contribution in [2.45, 2.75) is 13.7 Å². The number of benzene rings is 2. The number of amides is 1. The van der Waals surface area contributed by atoms with Crippen LogP contribution in [0.4, 0.5) is 5.69 Å². The zero-order valence-corrected chi connectivity index (χ0v) is 15.9. The summed E-state index contributed by atoms with van der Waals surface area (Å²) in [6, 6.07) is 11.8. The number of aryl methyl sites for hydroxylation is 1. The van der Waals surface area contributed by atoms with Crippen molar-refractivity contribution in [3.05, 3.63) is 75.0 Å². The van der Waals surface area contributed by atoms with E-state index in [0.29, 0.717) is 26.5 Å². The number of rotatable bonds is 5. The van der Waals surface area contributed by atoms with Crippen LogP contribution in [-0.2, 0) is 6.73 Å². The van der Waals surface area contributed by atoms with Crippen LogP contribution in [0.25, 0.3) is 0 Å². The molecule has 3 rings (SSSR count). The van der Waals surface area contributed by atoms with Crippen molar-refractivity contribution in [1.29, 1.82) is 0 Å². The van der Waals surface area contributed by atoms with Crippen LogP contribution < -0.4 is 10.1 Å². The average Bonchev–Trinajstić information content (AvgIpc) is 3.06. The topological polar surface area (TPSA) is 56.1 Å². The van der Waals surface area contributed by atoms with E-state index in [0.717, 1.165) is 5.56 Å². The molecule has 0 aliphatic carbocycles. The largest absolute Gasteiger partial charge is 0.471 e. The Morgan fingerprint density at radius 3 is 2.65 bits per heavy atom. The van der Waals surface area contributed by atoms with E-state index in [1.165, 1.54) is 4.68 Å². The monoisotopic (exact) mass is 409 g/mol. The van der Waals surface area contributed by atoms with Gasteiger partial charge in [0, 0.05) is 16.9 Å². The smallest absolute Gasteiger partial charge is 0.276 e. The van der Waals surface area contributed by atoms with Crippen LogP contribution in [0, 0.1) is 6.92 Å². The Bertz CT molecular complexity index is 957. The number of carbonyl (C=O) groups is 1. The maximum atomic E-state index is 12.3. The van der Waals surface area contributed by atoms with E-state index in [-0.39, 0.29) is 18.3 Å². The number of carbonyl (C=O) groups excluding carboxylic acids is 1. The number of halogens is 3. The van der Waals surface area contributed by atoms with Gasteiger partial charge in [-0.15, -0.1) is 0 Å². The van der Waals surface area contributed by atoms with Crippen LogP contribution >= 0.6 is 34.8 Å². The fourth-order valence-electron chi connectivity index (χ4n) is 2.23. The van der Waals surface area contributed by atoms with Crippen molar-refractivity contribution in [1.82, 2.24) is 9.78 Å². The van der Waals surface area contributed by atoms with Crippen LogP contribution in [0.15, 0.2) is 48.7 Å². The van der Waals surface area contributed by atoms with Gasteiger partial charge in [0.1, 0.15) is 5.75 Å². The molecule has 0 saturated carbocycles. The van der Waals surface area contributed by atoms with Crippen molar-refractivity contribution >= 4 is 46.4 Å². The molecule has 0 saturated heterocycles. The van der Waals surface area contributed by atoms with Gasteiger partial charge < -0.3 is 10.1 Å². The minimum absolute atomic E-state index is 0.169. The Hall–Kier alpha value is -2.21. The van der Waals surface area contributed by atoms with E-state index >= 15 is 0 Å². The molecule has 0 unspecified atom stereocenters. The summed E-state index contributed by atoms with van der Waals surface area (Å²) < 4.78 is 7.22. The molecule has 3 aromatic rings. The molecule has 0 radical (unpaired) electrons. The maximum absolute atomic E-state index is 12.3. The SMILES string of the molecule is Cc1cc(Cl)ccc1OCn1ccc(C(=O)Nc2ccc(Cl)c(Cl)c2)n1. The molecule has 134 valence electrons. The fourth-order valence-corrected chi connectivity index (χ4v) is 2.76. The molecule has 5 nitrogen and oxygen atoms in total. The standard InChI is InChI=1S/C18H14Cl3N3O2/c1-11-8-12(19)2-5-17(11)26-10-24-7-6-16(23-24)18(25)22-13-3-4-14(20)15(21)9-13/h2-9H,10H2,1H3,(H,22,25). The van der Waals surface area contributed by atoms with Gasteiger partial charge in [-0.1, -0.05) is 34.8 Å². The number of anilines is 1. The average molecular weight is 411 g/mol. The third-order valence-corrected chi connectivity index (χ3v) is 4.51. The summed E-state index contributed by atoms with van der Waals surface area (Å²) in [5.41, 5.74) is 1.71. The molecule has 26 heavy (non-hydrogen) atoms. The van der Waals surface area contributed by atoms with Gasteiger partial charge in [-0.2, -0.15) is 5.10 Å². The Balaban J connectivity index is 1.63. The predicted octanol–water partition coefficient (Wildman–Crippen LogP) is 5.44. The minimum Gasteiger partial charge on any atom is -0.471 e. The third-order valence-electron chi connectivity index (χ3n) is 3.54. The number of hydrogen-bond acceptors (Lipinski definition) is 3. The molecule has 1 heterocycles. The van der Waals surface area contributed by atoms with Crippen LogP contribution in [0.5, 0.6) is 5.75 Å².